The van der Waals surface area contributed by atoms with Crippen LogP contribution in [0.1, 0.15) is 11.4 Å². The minimum atomic E-state index is -3.63. The van der Waals surface area contributed by atoms with E-state index in [4.69, 9.17) is 5.26 Å². The summed E-state index contributed by atoms with van der Waals surface area (Å²) < 4.78 is 28.9. The second kappa shape index (κ2) is 7.99. The van der Waals surface area contributed by atoms with Gasteiger partial charge in [-0.25, -0.2) is 23.1 Å². The molecule has 0 spiro atoms. The van der Waals surface area contributed by atoms with Gasteiger partial charge in [-0.05, 0) is 43.3 Å². The van der Waals surface area contributed by atoms with Gasteiger partial charge in [-0.15, -0.1) is 0 Å². The van der Waals surface area contributed by atoms with Gasteiger partial charge in [0.15, 0.2) is 0 Å². The summed E-state index contributed by atoms with van der Waals surface area (Å²) in [7, 11) is -3.63. The third-order valence-electron chi connectivity index (χ3n) is 3.71. The van der Waals surface area contributed by atoms with Crippen LogP contribution in [0.3, 0.4) is 0 Å². The van der Waals surface area contributed by atoms with Crippen molar-refractivity contribution in [2.24, 2.45) is 0 Å². The Morgan fingerprint density at radius 2 is 1.81 bits per heavy atom. The lowest BCUT2D eigenvalue weighted by molar-refractivity contribution is 0.583. The van der Waals surface area contributed by atoms with Crippen molar-refractivity contribution < 1.29 is 8.42 Å². The molecule has 9 heteroatoms. The molecule has 0 fully saturated rings. The summed E-state index contributed by atoms with van der Waals surface area (Å²) >= 11 is 0. The van der Waals surface area contributed by atoms with E-state index in [9.17, 15) is 8.42 Å². The summed E-state index contributed by atoms with van der Waals surface area (Å²) in [6.45, 7) is 2.34. The summed E-state index contributed by atoms with van der Waals surface area (Å²) in [4.78, 5) is 8.81. The molecule has 0 unspecified atom stereocenters. The Hall–Kier alpha value is -3.22. The Balaban J connectivity index is 1.59. The average Bonchev–Trinajstić information content (AvgIpc) is 3.20. The van der Waals surface area contributed by atoms with Crippen LogP contribution in [0.15, 0.2) is 59.8 Å². The van der Waals surface area contributed by atoms with Crippen molar-refractivity contribution in [2.75, 3.05) is 18.4 Å². The van der Waals surface area contributed by atoms with Gasteiger partial charge in [0.05, 0.1) is 16.5 Å². The van der Waals surface area contributed by atoms with Crippen LogP contribution in [0.5, 0.6) is 0 Å². The molecule has 138 valence electrons. The lowest BCUT2D eigenvalue weighted by Gasteiger charge is -2.10. The lowest BCUT2D eigenvalue weighted by Crippen LogP contribution is -2.29. The first kappa shape index (κ1) is 18.6. The number of aryl methyl sites for hydroxylation is 1. The number of hydrogen-bond acceptors (Lipinski definition) is 6. The Morgan fingerprint density at radius 3 is 2.48 bits per heavy atom. The van der Waals surface area contributed by atoms with Gasteiger partial charge in [-0.1, -0.05) is 0 Å². The van der Waals surface area contributed by atoms with Crippen molar-refractivity contribution in [2.45, 2.75) is 11.8 Å². The summed E-state index contributed by atoms with van der Waals surface area (Å²) in [6.07, 6.45) is 3.77. The number of sulfonamides is 1. The Morgan fingerprint density at radius 1 is 1.11 bits per heavy atom. The van der Waals surface area contributed by atoms with Crippen LogP contribution >= 0.6 is 0 Å². The van der Waals surface area contributed by atoms with E-state index in [2.05, 4.69) is 20.0 Å². The molecule has 2 heterocycles. The van der Waals surface area contributed by atoms with E-state index in [1.54, 1.807) is 13.0 Å². The maximum absolute atomic E-state index is 12.3. The number of benzene rings is 1. The minimum Gasteiger partial charge on any atom is -0.369 e. The summed E-state index contributed by atoms with van der Waals surface area (Å²) in [5.74, 6) is 1.96. The monoisotopic (exact) mass is 382 g/mol. The highest BCUT2D eigenvalue weighted by molar-refractivity contribution is 7.89. The number of nitriles is 1. The van der Waals surface area contributed by atoms with E-state index in [0.717, 1.165) is 5.82 Å². The Kier molecular flexibility index (Phi) is 5.49. The molecule has 3 rings (SSSR count). The topological polar surface area (TPSA) is 113 Å². The fraction of sp³-hybridized carbons (Fsp3) is 0.167. The molecule has 0 amide bonds. The van der Waals surface area contributed by atoms with Crippen LogP contribution < -0.4 is 10.0 Å². The number of nitrogens with one attached hydrogen (secondary N) is 2. The number of anilines is 1. The van der Waals surface area contributed by atoms with Crippen molar-refractivity contribution in [1.29, 1.82) is 5.26 Å². The summed E-state index contributed by atoms with van der Waals surface area (Å²) in [6, 6.07) is 13.3. The predicted molar refractivity (Wildman–Crippen MR) is 101 cm³/mol. The first-order valence-electron chi connectivity index (χ1n) is 8.21. The molecule has 3 aromatic rings. The molecule has 0 saturated heterocycles. The molecule has 27 heavy (non-hydrogen) atoms. The van der Waals surface area contributed by atoms with Gasteiger partial charge in [0.2, 0.25) is 10.0 Å². The zero-order valence-electron chi connectivity index (χ0n) is 14.6. The van der Waals surface area contributed by atoms with Crippen molar-refractivity contribution in [1.82, 2.24) is 19.3 Å². The zero-order chi connectivity index (χ0) is 19.3. The molecule has 0 atom stereocenters. The first-order chi connectivity index (χ1) is 13.0. The van der Waals surface area contributed by atoms with Gasteiger partial charge in [-0.3, -0.25) is 0 Å². The van der Waals surface area contributed by atoms with E-state index in [0.29, 0.717) is 23.8 Å². The Bertz CT molecular complexity index is 1050. The number of rotatable bonds is 7. The van der Waals surface area contributed by atoms with Crippen molar-refractivity contribution in [3.05, 3.63) is 66.2 Å². The lowest BCUT2D eigenvalue weighted by atomic mass is 10.2. The highest BCUT2D eigenvalue weighted by Crippen LogP contribution is 2.12. The van der Waals surface area contributed by atoms with Crippen LogP contribution in [0.2, 0.25) is 0 Å². The first-order valence-corrected chi connectivity index (χ1v) is 9.69. The van der Waals surface area contributed by atoms with Crippen LogP contribution in [0.25, 0.3) is 5.82 Å². The average molecular weight is 382 g/mol. The van der Waals surface area contributed by atoms with Gasteiger partial charge in [0.1, 0.15) is 17.5 Å². The van der Waals surface area contributed by atoms with E-state index < -0.39 is 10.0 Å². The zero-order valence-corrected chi connectivity index (χ0v) is 15.4. The molecule has 8 nitrogen and oxygen atoms in total. The minimum absolute atomic E-state index is 0.120. The van der Waals surface area contributed by atoms with Gasteiger partial charge in [-0.2, -0.15) is 5.26 Å². The molecule has 0 aliphatic carbocycles. The number of aromatic nitrogens is 3. The molecule has 2 aromatic heterocycles. The highest BCUT2D eigenvalue weighted by Gasteiger charge is 2.13. The van der Waals surface area contributed by atoms with E-state index in [-0.39, 0.29) is 11.4 Å². The molecule has 0 saturated carbocycles. The molecule has 0 aliphatic rings. The standard InChI is InChI=1S/C18H18N6O2S/c1-14-22-17(12-18(23-14)24-10-2-3-11-24)20-8-9-21-27(25,26)16-6-4-15(13-19)5-7-16/h2-7,10-12,21H,8-9H2,1H3,(H,20,22,23). The molecular weight excluding hydrogens is 364 g/mol. The highest BCUT2D eigenvalue weighted by atomic mass is 32.2. The molecule has 0 aliphatic heterocycles. The van der Waals surface area contributed by atoms with Gasteiger partial charge < -0.3 is 9.88 Å². The number of nitrogens with zero attached hydrogens (tertiary/aromatic N) is 4. The van der Waals surface area contributed by atoms with E-state index in [1.807, 2.05) is 35.2 Å². The maximum Gasteiger partial charge on any atom is 0.240 e. The van der Waals surface area contributed by atoms with E-state index in [1.165, 1.54) is 24.3 Å². The summed E-state index contributed by atoms with van der Waals surface area (Å²) in [5, 5.41) is 11.9. The Labute approximate surface area is 157 Å². The van der Waals surface area contributed by atoms with Crippen LogP contribution in [0, 0.1) is 18.3 Å². The van der Waals surface area contributed by atoms with Gasteiger partial charge >= 0.3 is 0 Å². The summed E-state index contributed by atoms with van der Waals surface area (Å²) in [5.41, 5.74) is 0.410. The third kappa shape index (κ3) is 4.69. The maximum atomic E-state index is 12.3. The van der Waals surface area contributed by atoms with Gasteiger partial charge in [0, 0.05) is 31.5 Å². The van der Waals surface area contributed by atoms with Crippen molar-refractivity contribution in [3.63, 3.8) is 0 Å². The van der Waals surface area contributed by atoms with E-state index >= 15 is 0 Å². The SMILES string of the molecule is Cc1nc(NCCNS(=O)(=O)c2ccc(C#N)cc2)cc(-n2cccc2)n1. The fourth-order valence-corrected chi connectivity index (χ4v) is 3.46. The predicted octanol–water partition coefficient (Wildman–Crippen LogP) is 1.84. The largest absolute Gasteiger partial charge is 0.369 e. The van der Waals surface area contributed by atoms with Crippen LogP contribution in [-0.2, 0) is 10.0 Å². The fourth-order valence-electron chi connectivity index (χ4n) is 2.43. The normalized spacial score (nSPS) is 11.1. The molecule has 0 radical (unpaired) electrons. The smallest absolute Gasteiger partial charge is 0.240 e. The third-order valence-corrected chi connectivity index (χ3v) is 5.19. The number of hydrogen-bond donors (Lipinski definition) is 2. The van der Waals surface area contributed by atoms with Crippen molar-refractivity contribution >= 4 is 15.8 Å². The quantitative estimate of drug-likeness (QED) is 0.603. The second-order valence-electron chi connectivity index (χ2n) is 5.71. The molecular formula is C18H18N6O2S. The molecule has 2 N–H and O–H groups in total. The van der Waals surface area contributed by atoms with Crippen molar-refractivity contribution in [3.8, 4) is 11.9 Å². The van der Waals surface area contributed by atoms with Crippen LogP contribution in [-0.4, -0.2) is 36.0 Å². The van der Waals surface area contributed by atoms with Crippen LogP contribution in [0.4, 0.5) is 5.82 Å². The van der Waals surface area contributed by atoms with Gasteiger partial charge in [0.25, 0.3) is 0 Å². The second-order valence-corrected chi connectivity index (χ2v) is 7.48. The molecule has 1 aromatic carbocycles. The molecule has 0 bridgehead atoms.